The number of nitrogens with one attached hydrogen (secondary N) is 1. The van der Waals surface area contributed by atoms with Crippen molar-refractivity contribution in [2.75, 3.05) is 13.6 Å². The van der Waals surface area contributed by atoms with Crippen LogP contribution in [-0.4, -0.2) is 41.3 Å². The van der Waals surface area contributed by atoms with Gasteiger partial charge >= 0.3 is 0 Å². The number of hydrogen-bond acceptors (Lipinski definition) is 4. The third-order valence-electron chi connectivity index (χ3n) is 10.2. The van der Waals surface area contributed by atoms with Gasteiger partial charge in [0.25, 0.3) is 11.6 Å². The molecule has 7 atom stereocenters. The van der Waals surface area contributed by atoms with Crippen molar-refractivity contribution in [1.29, 1.82) is 0 Å². The Hall–Kier alpha value is -2.70. The third-order valence-corrected chi connectivity index (χ3v) is 10.2. The fraction of sp³-hybridized carbons (Fsp3) is 0.630. The highest BCUT2D eigenvalue weighted by atomic mass is 16.6. The van der Waals surface area contributed by atoms with Gasteiger partial charge in [-0.3, -0.25) is 19.7 Å². The van der Waals surface area contributed by atoms with Crippen LogP contribution in [0, 0.1) is 44.6 Å². The second kappa shape index (κ2) is 8.21. The minimum absolute atomic E-state index is 0.0429. The van der Waals surface area contributed by atoms with E-state index in [0.717, 1.165) is 25.7 Å². The average Bonchev–Trinajstić information content (AvgIpc) is 3.16. The maximum absolute atomic E-state index is 12.8. The molecule has 3 fully saturated rings. The second-order valence-electron chi connectivity index (χ2n) is 11.5. The van der Waals surface area contributed by atoms with Crippen LogP contribution < -0.4 is 5.32 Å². The van der Waals surface area contributed by atoms with Gasteiger partial charge in [0.2, 0.25) is 5.91 Å². The first-order valence-corrected chi connectivity index (χ1v) is 12.6. The smallest absolute Gasteiger partial charge is 0.270 e. The number of benzene rings is 1. The molecule has 5 rings (SSSR count). The summed E-state index contributed by atoms with van der Waals surface area (Å²) in [7, 11) is 1.96. The molecule has 7 heteroatoms. The van der Waals surface area contributed by atoms with Crippen molar-refractivity contribution in [3.8, 4) is 0 Å². The predicted octanol–water partition coefficient (Wildman–Crippen LogP) is 4.58. The van der Waals surface area contributed by atoms with Gasteiger partial charge in [0.15, 0.2) is 0 Å². The van der Waals surface area contributed by atoms with Gasteiger partial charge < -0.3 is 10.2 Å². The highest BCUT2D eigenvalue weighted by molar-refractivity contribution is 5.94. The lowest BCUT2D eigenvalue weighted by molar-refractivity contribution is -0.384. The van der Waals surface area contributed by atoms with Crippen LogP contribution in [0.25, 0.3) is 0 Å². The topological polar surface area (TPSA) is 92.6 Å². The molecule has 1 aromatic rings. The molecule has 34 heavy (non-hydrogen) atoms. The summed E-state index contributed by atoms with van der Waals surface area (Å²) in [4.78, 5) is 37.6. The summed E-state index contributed by atoms with van der Waals surface area (Å²) < 4.78 is 0. The van der Waals surface area contributed by atoms with Gasteiger partial charge in [0.1, 0.15) is 0 Å². The Kier molecular flexibility index (Phi) is 5.57. The summed E-state index contributed by atoms with van der Waals surface area (Å²) in [5.74, 6) is 2.19. The number of likely N-dealkylation sites (N-methyl/N-ethyl adjacent to an activating group) is 1. The lowest BCUT2D eigenvalue weighted by Crippen LogP contribution is -2.59. The number of nitrogens with zero attached hydrogens (tertiary/aromatic N) is 2. The minimum atomic E-state index is -0.470. The lowest BCUT2D eigenvalue weighted by Gasteiger charge is -2.60. The highest BCUT2D eigenvalue weighted by Crippen LogP contribution is 2.65. The van der Waals surface area contributed by atoms with Crippen LogP contribution in [0.2, 0.25) is 0 Å². The number of fused-ring (bicyclic) bond motifs is 5. The molecular formula is C27H35N3O4. The quantitative estimate of drug-likeness (QED) is 0.520. The molecule has 4 aliphatic rings. The van der Waals surface area contributed by atoms with E-state index < -0.39 is 4.92 Å². The fourth-order valence-corrected chi connectivity index (χ4v) is 8.26. The monoisotopic (exact) mass is 465 g/mol. The molecule has 0 saturated heterocycles. The molecule has 0 bridgehead atoms. The molecule has 0 spiro atoms. The predicted molar refractivity (Wildman–Crippen MR) is 129 cm³/mol. The molecule has 1 N–H and O–H groups in total. The van der Waals surface area contributed by atoms with Crippen LogP contribution in [0.3, 0.4) is 0 Å². The van der Waals surface area contributed by atoms with Crippen LogP contribution in [0.5, 0.6) is 0 Å². The first-order chi connectivity index (χ1) is 16.1. The summed E-state index contributed by atoms with van der Waals surface area (Å²) in [5.41, 5.74) is 0.514. The van der Waals surface area contributed by atoms with E-state index in [1.54, 1.807) is 18.2 Å². The summed E-state index contributed by atoms with van der Waals surface area (Å²) in [6.45, 7) is 5.40. The SMILES string of the molecule is CN1C(=O)C=C[C@]2(C)[C@H]3CC[C@]4(C)C(CNC(=O)c5cccc([N+](=O)[O-])c5)CC[C@H]4[C@@H]3CC[C@@H]12. The Balaban J connectivity index is 1.29. The molecule has 0 aromatic heterocycles. The maximum atomic E-state index is 12.8. The second-order valence-corrected chi connectivity index (χ2v) is 11.5. The van der Waals surface area contributed by atoms with Crippen molar-refractivity contribution in [2.45, 2.75) is 58.4 Å². The largest absolute Gasteiger partial charge is 0.352 e. The number of nitro benzene ring substituents is 1. The van der Waals surface area contributed by atoms with E-state index in [4.69, 9.17) is 0 Å². The molecule has 3 aliphatic carbocycles. The number of amides is 2. The zero-order valence-electron chi connectivity index (χ0n) is 20.3. The first-order valence-electron chi connectivity index (χ1n) is 12.6. The van der Waals surface area contributed by atoms with Gasteiger partial charge in [-0.1, -0.05) is 26.0 Å². The maximum Gasteiger partial charge on any atom is 0.270 e. The summed E-state index contributed by atoms with van der Waals surface area (Å²) in [5, 5.41) is 14.1. The highest BCUT2D eigenvalue weighted by Gasteiger charge is 2.60. The van der Waals surface area contributed by atoms with Crippen molar-refractivity contribution < 1.29 is 14.5 Å². The van der Waals surface area contributed by atoms with Crippen LogP contribution in [0.1, 0.15) is 62.7 Å². The summed E-state index contributed by atoms with van der Waals surface area (Å²) in [6.07, 6.45) is 10.8. The Bertz CT molecular complexity index is 1050. The minimum Gasteiger partial charge on any atom is -0.352 e. The zero-order chi connectivity index (χ0) is 24.3. The van der Waals surface area contributed by atoms with Crippen LogP contribution >= 0.6 is 0 Å². The number of hydrogen-bond donors (Lipinski definition) is 1. The van der Waals surface area contributed by atoms with Crippen molar-refractivity contribution in [1.82, 2.24) is 10.2 Å². The van der Waals surface area contributed by atoms with Gasteiger partial charge in [-0.15, -0.1) is 0 Å². The van der Waals surface area contributed by atoms with E-state index in [0.29, 0.717) is 41.8 Å². The van der Waals surface area contributed by atoms with Crippen molar-refractivity contribution in [3.05, 3.63) is 52.1 Å². The molecule has 7 nitrogen and oxygen atoms in total. The fourth-order valence-electron chi connectivity index (χ4n) is 8.26. The average molecular weight is 466 g/mol. The van der Waals surface area contributed by atoms with Crippen molar-refractivity contribution in [2.24, 2.45) is 34.5 Å². The standard InChI is InChI=1S/C27H35N3O4/c1-26-13-11-22-20(8-10-23-27(22,2)14-12-24(31)29(23)3)21(26)9-7-18(26)16-28-25(32)17-5-4-6-19(15-17)30(33)34/h4-6,12,14-15,18,20-23H,7-11,13,16H2,1-3H3,(H,28,32)/t18?,20-,21-,22-,23+,26+,27+/m0/s1. The third kappa shape index (κ3) is 3.46. The van der Waals surface area contributed by atoms with Crippen molar-refractivity contribution in [3.63, 3.8) is 0 Å². The Morgan fingerprint density at radius 3 is 2.74 bits per heavy atom. The molecule has 0 radical (unpaired) electrons. The summed E-state index contributed by atoms with van der Waals surface area (Å²) >= 11 is 0. The Morgan fingerprint density at radius 1 is 1.18 bits per heavy atom. The van der Waals surface area contributed by atoms with Gasteiger partial charge in [0, 0.05) is 42.7 Å². The number of carbonyl (C=O) groups excluding carboxylic acids is 2. The molecule has 2 amide bonds. The molecule has 1 aromatic carbocycles. The van der Waals surface area contributed by atoms with Gasteiger partial charge in [0.05, 0.1) is 4.92 Å². The van der Waals surface area contributed by atoms with Crippen LogP contribution in [-0.2, 0) is 4.79 Å². The van der Waals surface area contributed by atoms with E-state index in [-0.39, 0.29) is 28.3 Å². The number of carbonyl (C=O) groups is 2. The van der Waals surface area contributed by atoms with E-state index >= 15 is 0 Å². The van der Waals surface area contributed by atoms with E-state index in [9.17, 15) is 19.7 Å². The molecule has 3 saturated carbocycles. The van der Waals surface area contributed by atoms with E-state index in [2.05, 4.69) is 25.2 Å². The van der Waals surface area contributed by atoms with E-state index in [1.165, 1.54) is 25.0 Å². The Morgan fingerprint density at radius 2 is 1.97 bits per heavy atom. The van der Waals surface area contributed by atoms with Gasteiger partial charge in [-0.05, 0) is 79.8 Å². The molecule has 182 valence electrons. The number of rotatable bonds is 4. The molecule has 1 unspecified atom stereocenters. The van der Waals surface area contributed by atoms with E-state index in [1.807, 2.05) is 11.9 Å². The van der Waals surface area contributed by atoms with Crippen molar-refractivity contribution >= 4 is 17.5 Å². The zero-order valence-corrected chi connectivity index (χ0v) is 20.3. The van der Waals surface area contributed by atoms with Crippen LogP contribution in [0.4, 0.5) is 5.69 Å². The molecular weight excluding hydrogens is 430 g/mol. The molecule has 1 aliphatic heterocycles. The van der Waals surface area contributed by atoms with Gasteiger partial charge in [-0.25, -0.2) is 0 Å². The Labute approximate surface area is 201 Å². The first kappa shape index (κ1) is 23.1. The summed E-state index contributed by atoms with van der Waals surface area (Å²) in [6, 6.07) is 6.23. The number of non-ortho nitro benzene ring substituents is 1. The lowest BCUT2D eigenvalue weighted by atomic mass is 9.47. The van der Waals surface area contributed by atoms with Crippen LogP contribution in [0.15, 0.2) is 36.4 Å². The molecule has 1 heterocycles. The number of nitro groups is 1. The normalized spacial score (nSPS) is 38.6. The van der Waals surface area contributed by atoms with Gasteiger partial charge in [-0.2, -0.15) is 0 Å².